The van der Waals surface area contributed by atoms with E-state index >= 15 is 0 Å². The summed E-state index contributed by atoms with van der Waals surface area (Å²) in [7, 11) is 2.19. The molecule has 2 heterocycles. The first-order valence-electron chi connectivity index (χ1n) is 5.61. The Labute approximate surface area is 91.3 Å². The molecular weight excluding hydrogens is 186 g/mol. The van der Waals surface area contributed by atoms with E-state index in [0.717, 1.165) is 13.1 Å². The number of pyridine rings is 1. The summed E-state index contributed by atoms with van der Waals surface area (Å²) in [6, 6.07) is 4.75. The van der Waals surface area contributed by atoms with Gasteiger partial charge in [0.1, 0.15) is 0 Å². The van der Waals surface area contributed by atoms with Crippen LogP contribution in [0.1, 0.15) is 24.4 Å². The molecule has 82 valence electrons. The van der Waals surface area contributed by atoms with Gasteiger partial charge in [-0.3, -0.25) is 9.88 Å². The fourth-order valence-electron chi connectivity index (χ4n) is 2.35. The summed E-state index contributed by atoms with van der Waals surface area (Å²) in [5.41, 5.74) is 7.12. The highest BCUT2D eigenvalue weighted by molar-refractivity contribution is 5.16. The first kappa shape index (κ1) is 10.6. The second-order valence-electron chi connectivity index (χ2n) is 4.40. The molecule has 2 atom stereocenters. The Bertz CT molecular complexity index is 299. The van der Waals surface area contributed by atoms with E-state index in [1.165, 1.54) is 18.4 Å². The summed E-state index contributed by atoms with van der Waals surface area (Å²) in [6.45, 7) is 1.96. The van der Waals surface area contributed by atoms with Crippen LogP contribution < -0.4 is 5.73 Å². The fraction of sp³-hybridized carbons (Fsp3) is 0.583. The predicted octanol–water partition coefficient (Wildman–Crippen LogP) is 1.42. The van der Waals surface area contributed by atoms with E-state index in [1.807, 2.05) is 12.4 Å². The van der Waals surface area contributed by atoms with Crippen molar-refractivity contribution >= 4 is 0 Å². The molecule has 1 aliphatic rings. The monoisotopic (exact) mass is 205 g/mol. The highest BCUT2D eigenvalue weighted by atomic mass is 15.1. The molecule has 3 heteroatoms. The second-order valence-corrected chi connectivity index (χ2v) is 4.40. The maximum Gasteiger partial charge on any atom is 0.0349 e. The maximum absolute atomic E-state index is 5.76. The van der Waals surface area contributed by atoms with E-state index in [1.54, 1.807) is 0 Å². The summed E-state index contributed by atoms with van der Waals surface area (Å²) in [5.74, 6) is 0.680. The minimum atomic E-state index is 0.523. The average Bonchev–Trinajstić information content (AvgIpc) is 2.31. The first-order chi connectivity index (χ1) is 7.31. The summed E-state index contributed by atoms with van der Waals surface area (Å²) >= 11 is 0. The van der Waals surface area contributed by atoms with Crippen molar-refractivity contribution in [2.75, 3.05) is 20.1 Å². The molecule has 2 N–H and O–H groups in total. The van der Waals surface area contributed by atoms with Crippen LogP contribution >= 0.6 is 0 Å². The third-order valence-corrected chi connectivity index (χ3v) is 3.40. The molecule has 1 aliphatic heterocycles. The van der Waals surface area contributed by atoms with Crippen molar-refractivity contribution in [3.05, 3.63) is 30.1 Å². The van der Waals surface area contributed by atoms with Crippen LogP contribution in [0.3, 0.4) is 0 Å². The van der Waals surface area contributed by atoms with Gasteiger partial charge in [-0.2, -0.15) is 0 Å². The third-order valence-electron chi connectivity index (χ3n) is 3.40. The molecular formula is C12H19N3. The summed E-state index contributed by atoms with van der Waals surface area (Å²) in [5, 5.41) is 0. The van der Waals surface area contributed by atoms with Crippen LogP contribution in [-0.4, -0.2) is 30.0 Å². The number of aromatic nitrogens is 1. The van der Waals surface area contributed by atoms with E-state index < -0.39 is 0 Å². The average molecular weight is 205 g/mol. The lowest BCUT2D eigenvalue weighted by molar-refractivity contribution is 0.145. The van der Waals surface area contributed by atoms with Crippen molar-refractivity contribution in [3.63, 3.8) is 0 Å². The largest absolute Gasteiger partial charge is 0.330 e. The zero-order valence-corrected chi connectivity index (χ0v) is 9.26. The van der Waals surface area contributed by atoms with E-state index in [-0.39, 0.29) is 0 Å². The number of likely N-dealkylation sites (tertiary alicyclic amines) is 1. The van der Waals surface area contributed by atoms with Crippen molar-refractivity contribution in [1.29, 1.82) is 0 Å². The normalized spacial score (nSPS) is 27.9. The summed E-state index contributed by atoms with van der Waals surface area (Å²) in [6.07, 6.45) is 6.15. The SMILES string of the molecule is CN1CCC(CN)CC1c1ccncc1. The van der Waals surface area contributed by atoms with Gasteiger partial charge in [-0.1, -0.05) is 0 Å². The maximum atomic E-state index is 5.76. The van der Waals surface area contributed by atoms with E-state index in [2.05, 4.69) is 29.1 Å². The number of rotatable bonds is 2. The zero-order valence-electron chi connectivity index (χ0n) is 9.26. The number of nitrogens with zero attached hydrogens (tertiary/aromatic N) is 2. The Balaban J connectivity index is 2.13. The first-order valence-corrected chi connectivity index (χ1v) is 5.61. The van der Waals surface area contributed by atoms with Crippen molar-refractivity contribution in [3.8, 4) is 0 Å². The number of nitrogens with two attached hydrogens (primary N) is 1. The van der Waals surface area contributed by atoms with Crippen LogP contribution in [-0.2, 0) is 0 Å². The second kappa shape index (κ2) is 4.73. The van der Waals surface area contributed by atoms with Crippen LogP contribution in [0.5, 0.6) is 0 Å². The van der Waals surface area contributed by atoms with Crippen LogP contribution in [0.15, 0.2) is 24.5 Å². The van der Waals surface area contributed by atoms with Gasteiger partial charge in [0, 0.05) is 18.4 Å². The topological polar surface area (TPSA) is 42.1 Å². The van der Waals surface area contributed by atoms with Crippen LogP contribution in [0.4, 0.5) is 0 Å². The number of hydrogen-bond acceptors (Lipinski definition) is 3. The third kappa shape index (κ3) is 2.36. The van der Waals surface area contributed by atoms with E-state index in [0.29, 0.717) is 12.0 Å². The van der Waals surface area contributed by atoms with Gasteiger partial charge in [0.05, 0.1) is 0 Å². The van der Waals surface area contributed by atoms with Gasteiger partial charge in [-0.25, -0.2) is 0 Å². The molecule has 15 heavy (non-hydrogen) atoms. The minimum absolute atomic E-state index is 0.523. The molecule has 1 aromatic rings. The molecule has 2 rings (SSSR count). The summed E-state index contributed by atoms with van der Waals surface area (Å²) < 4.78 is 0. The van der Waals surface area contributed by atoms with Crippen molar-refractivity contribution in [2.45, 2.75) is 18.9 Å². The van der Waals surface area contributed by atoms with Gasteiger partial charge in [-0.05, 0) is 56.6 Å². The Morgan fingerprint density at radius 2 is 2.20 bits per heavy atom. The predicted molar refractivity (Wildman–Crippen MR) is 61.4 cm³/mol. The summed E-state index contributed by atoms with van der Waals surface area (Å²) in [4.78, 5) is 6.48. The molecule has 1 aromatic heterocycles. The lowest BCUT2D eigenvalue weighted by atomic mass is 9.88. The minimum Gasteiger partial charge on any atom is -0.330 e. The molecule has 2 unspecified atom stereocenters. The van der Waals surface area contributed by atoms with Gasteiger partial charge >= 0.3 is 0 Å². The number of piperidine rings is 1. The van der Waals surface area contributed by atoms with Crippen LogP contribution in [0, 0.1) is 5.92 Å². The smallest absolute Gasteiger partial charge is 0.0349 e. The van der Waals surface area contributed by atoms with Gasteiger partial charge in [0.15, 0.2) is 0 Å². The molecule has 1 fully saturated rings. The molecule has 0 aliphatic carbocycles. The van der Waals surface area contributed by atoms with Gasteiger partial charge < -0.3 is 5.73 Å². The lowest BCUT2D eigenvalue weighted by Crippen LogP contribution is -2.36. The van der Waals surface area contributed by atoms with E-state index in [4.69, 9.17) is 5.73 Å². The van der Waals surface area contributed by atoms with Gasteiger partial charge in [-0.15, -0.1) is 0 Å². The highest BCUT2D eigenvalue weighted by Gasteiger charge is 2.26. The molecule has 0 saturated carbocycles. The Kier molecular flexibility index (Phi) is 3.34. The van der Waals surface area contributed by atoms with E-state index in [9.17, 15) is 0 Å². The van der Waals surface area contributed by atoms with Crippen LogP contribution in [0.2, 0.25) is 0 Å². The van der Waals surface area contributed by atoms with Gasteiger partial charge in [0.25, 0.3) is 0 Å². The van der Waals surface area contributed by atoms with Crippen molar-refractivity contribution in [1.82, 2.24) is 9.88 Å². The molecule has 0 bridgehead atoms. The van der Waals surface area contributed by atoms with Crippen molar-refractivity contribution < 1.29 is 0 Å². The standard InChI is InChI=1S/C12H19N3/c1-15-7-4-10(9-13)8-12(15)11-2-5-14-6-3-11/h2-3,5-6,10,12H,4,7-9,13H2,1H3. The van der Waals surface area contributed by atoms with Crippen LogP contribution in [0.25, 0.3) is 0 Å². The molecule has 0 amide bonds. The fourth-order valence-corrected chi connectivity index (χ4v) is 2.35. The highest BCUT2D eigenvalue weighted by Crippen LogP contribution is 2.32. The number of hydrogen-bond donors (Lipinski definition) is 1. The quantitative estimate of drug-likeness (QED) is 0.794. The Morgan fingerprint density at radius 3 is 2.87 bits per heavy atom. The molecule has 0 aromatic carbocycles. The Hall–Kier alpha value is -0.930. The lowest BCUT2D eigenvalue weighted by Gasteiger charge is -2.37. The Morgan fingerprint density at radius 1 is 1.47 bits per heavy atom. The van der Waals surface area contributed by atoms with Gasteiger partial charge in [0.2, 0.25) is 0 Å². The van der Waals surface area contributed by atoms with Crippen molar-refractivity contribution in [2.24, 2.45) is 11.7 Å². The molecule has 3 nitrogen and oxygen atoms in total. The molecule has 1 saturated heterocycles. The zero-order chi connectivity index (χ0) is 10.7. The molecule has 0 radical (unpaired) electrons. The molecule has 0 spiro atoms.